The molecule has 1 aromatic heterocycles. The number of nitrogens with zero attached hydrogens (tertiary/aromatic N) is 5. The van der Waals surface area contributed by atoms with Crippen molar-refractivity contribution in [3.05, 3.63) is 90.5 Å². The van der Waals surface area contributed by atoms with Gasteiger partial charge in [0.25, 0.3) is 0 Å². The lowest BCUT2D eigenvalue weighted by molar-refractivity contribution is -0.142. The van der Waals surface area contributed by atoms with Crippen LogP contribution in [0.15, 0.2) is 84.9 Å². The summed E-state index contributed by atoms with van der Waals surface area (Å²) < 4.78 is 12.4. The summed E-state index contributed by atoms with van der Waals surface area (Å²) >= 11 is 0. The first-order valence-corrected chi connectivity index (χ1v) is 15.2. The average molecular weight is 595 g/mol. The second kappa shape index (κ2) is 13.7. The van der Waals surface area contributed by atoms with Crippen molar-refractivity contribution in [1.29, 1.82) is 0 Å². The summed E-state index contributed by atoms with van der Waals surface area (Å²) in [6, 6.07) is 22.4. The Morgan fingerprint density at radius 2 is 1.80 bits per heavy atom. The number of aromatic nitrogens is 3. The molecular weight excluding hydrogens is 556 g/mol. The monoisotopic (exact) mass is 594 g/mol. The molecule has 2 atom stereocenters. The zero-order chi connectivity index (χ0) is 30.3. The molecule has 0 spiro atoms. The smallest absolute Gasteiger partial charge is 0.247 e. The molecule has 2 amide bonds. The number of methoxy groups -OCH3 is 1. The van der Waals surface area contributed by atoms with Crippen LogP contribution in [0.2, 0.25) is 0 Å². The summed E-state index contributed by atoms with van der Waals surface area (Å²) in [7, 11) is 1.62. The van der Waals surface area contributed by atoms with Crippen LogP contribution in [0.5, 0.6) is 5.75 Å². The van der Waals surface area contributed by atoms with E-state index in [1.165, 1.54) is 0 Å². The second-order valence-electron chi connectivity index (χ2n) is 11.2. The first kappa shape index (κ1) is 29.4. The highest BCUT2D eigenvalue weighted by atomic mass is 16.5. The molecule has 0 saturated carbocycles. The Balaban J connectivity index is 1.29. The van der Waals surface area contributed by atoms with E-state index in [4.69, 9.17) is 9.47 Å². The molecule has 228 valence electrons. The predicted molar refractivity (Wildman–Crippen MR) is 169 cm³/mol. The van der Waals surface area contributed by atoms with E-state index >= 15 is 0 Å². The molecule has 44 heavy (non-hydrogen) atoms. The van der Waals surface area contributed by atoms with Gasteiger partial charge in [-0.2, -0.15) is 0 Å². The molecule has 4 aromatic rings. The van der Waals surface area contributed by atoms with Crippen molar-refractivity contribution < 1.29 is 19.1 Å². The summed E-state index contributed by atoms with van der Waals surface area (Å²) in [4.78, 5) is 32.5. The Morgan fingerprint density at radius 1 is 1.02 bits per heavy atom. The van der Waals surface area contributed by atoms with Crippen molar-refractivity contribution >= 4 is 34.2 Å². The number of ether oxygens (including phenoxy) is 2. The number of allylic oxidation sites excluding steroid dienone is 2. The van der Waals surface area contributed by atoms with E-state index in [0.29, 0.717) is 30.8 Å². The van der Waals surface area contributed by atoms with Crippen LogP contribution in [0.3, 0.4) is 0 Å². The molecule has 1 aliphatic heterocycles. The van der Waals surface area contributed by atoms with Crippen LogP contribution in [0.1, 0.15) is 24.8 Å². The molecule has 0 bridgehead atoms. The van der Waals surface area contributed by atoms with Gasteiger partial charge in [0.05, 0.1) is 25.8 Å². The van der Waals surface area contributed by atoms with E-state index in [0.717, 1.165) is 48.4 Å². The molecular formula is C34H38N6O4. The number of amides is 2. The predicted octanol–water partition coefficient (Wildman–Crippen LogP) is 4.67. The lowest BCUT2D eigenvalue weighted by Gasteiger charge is -2.37. The third-order valence-corrected chi connectivity index (χ3v) is 8.41. The number of hydrogen-bond donors (Lipinski definition) is 1. The normalized spacial score (nSPS) is 17.3. The van der Waals surface area contributed by atoms with Gasteiger partial charge in [-0.15, -0.1) is 5.10 Å². The van der Waals surface area contributed by atoms with Gasteiger partial charge in [-0.3, -0.25) is 9.59 Å². The number of anilines is 2. The van der Waals surface area contributed by atoms with Crippen LogP contribution < -0.4 is 15.0 Å². The van der Waals surface area contributed by atoms with E-state index in [1.54, 1.807) is 16.7 Å². The maximum atomic E-state index is 14.2. The molecule has 1 aliphatic carbocycles. The number of para-hydroxylation sites is 1. The number of carbonyl (C=O) groups is 2. The van der Waals surface area contributed by atoms with Crippen LogP contribution in [0, 0.1) is 5.92 Å². The third kappa shape index (κ3) is 6.75. The molecule has 0 radical (unpaired) electrons. The largest absolute Gasteiger partial charge is 0.497 e. The van der Waals surface area contributed by atoms with Crippen LogP contribution in [-0.2, 0) is 27.4 Å². The average Bonchev–Trinajstić information content (AvgIpc) is 3.48. The van der Waals surface area contributed by atoms with Gasteiger partial charge in [-0.05, 0) is 79.3 Å². The van der Waals surface area contributed by atoms with E-state index in [2.05, 4.69) is 32.7 Å². The van der Waals surface area contributed by atoms with Gasteiger partial charge in [0.15, 0.2) is 0 Å². The number of fused-ring (bicyclic) bond motifs is 1. The highest BCUT2D eigenvalue weighted by Gasteiger charge is 2.37. The topological polar surface area (TPSA) is 102 Å². The molecule has 1 N–H and O–H groups in total. The van der Waals surface area contributed by atoms with Crippen LogP contribution in [-0.4, -0.2) is 71.2 Å². The Labute approximate surface area is 257 Å². The maximum absolute atomic E-state index is 14.2. The number of hydrogen-bond acceptors (Lipinski definition) is 7. The lowest BCUT2D eigenvalue weighted by Crippen LogP contribution is -2.52. The first-order chi connectivity index (χ1) is 21.6. The minimum Gasteiger partial charge on any atom is -0.497 e. The van der Waals surface area contributed by atoms with Gasteiger partial charge in [0, 0.05) is 31.0 Å². The van der Waals surface area contributed by atoms with Gasteiger partial charge in [0.1, 0.15) is 23.9 Å². The summed E-state index contributed by atoms with van der Waals surface area (Å²) in [5.74, 6) is 0.291. The molecule has 1 fully saturated rings. The molecule has 10 heteroatoms. The molecule has 6 rings (SSSR count). The number of rotatable bonds is 10. The standard InChI is InChI=1S/C34H38N6O4/c1-43-29-17-11-25(12-18-29)23-39(32(41)24-40-31-10-6-5-9-30(31)36-37-40)33(26-7-3-2-4-8-26)34(42)35-27-13-15-28(16-14-27)38-19-21-44-22-20-38/h2-3,5-6,9-18,26,33H,4,7-8,19-24H2,1H3,(H,35,42). The zero-order valence-electron chi connectivity index (χ0n) is 25.0. The van der Waals surface area contributed by atoms with E-state index in [-0.39, 0.29) is 30.8 Å². The van der Waals surface area contributed by atoms with Gasteiger partial charge in [0.2, 0.25) is 11.8 Å². The zero-order valence-corrected chi connectivity index (χ0v) is 25.0. The van der Waals surface area contributed by atoms with Crippen molar-refractivity contribution in [1.82, 2.24) is 19.9 Å². The summed E-state index contributed by atoms with van der Waals surface area (Å²) in [5, 5.41) is 11.6. The van der Waals surface area contributed by atoms with Crippen LogP contribution in [0.4, 0.5) is 11.4 Å². The van der Waals surface area contributed by atoms with Crippen molar-refractivity contribution in [2.75, 3.05) is 43.6 Å². The maximum Gasteiger partial charge on any atom is 0.247 e. The highest BCUT2D eigenvalue weighted by molar-refractivity contribution is 5.97. The van der Waals surface area contributed by atoms with Crippen molar-refractivity contribution in [2.24, 2.45) is 5.92 Å². The van der Waals surface area contributed by atoms with E-state index in [1.807, 2.05) is 72.8 Å². The van der Waals surface area contributed by atoms with Crippen molar-refractivity contribution in [2.45, 2.75) is 38.4 Å². The third-order valence-electron chi connectivity index (χ3n) is 8.41. The van der Waals surface area contributed by atoms with Crippen LogP contribution >= 0.6 is 0 Å². The Hall–Kier alpha value is -4.70. The molecule has 2 heterocycles. The van der Waals surface area contributed by atoms with Gasteiger partial charge < -0.3 is 24.6 Å². The highest BCUT2D eigenvalue weighted by Crippen LogP contribution is 2.29. The quantitative estimate of drug-likeness (QED) is 0.266. The Bertz CT molecular complexity index is 1590. The number of nitrogens with one attached hydrogen (secondary N) is 1. The number of morpholine rings is 1. The molecule has 1 saturated heterocycles. The molecule has 2 aliphatic rings. The van der Waals surface area contributed by atoms with Gasteiger partial charge in [-0.1, -0.05) is 41.6 Å². The molecule has 10 nitrogen and oxygen atoms in total. The Morgan fingerprint density at radius 3 is 2.52 bits per heavy atom. The first-order valence-electron chi connectivity index (χ1n) is 15.2. The van der Waals surface area contributed by atoms with Gasteiger partial charge in [-0.25, -0.2) is 4.68 Å². The van der Waals surface area contributed by atoms with Gasteiger partial charge >= 0.3 is 0 Å². The summed E-state index contributed by atoms with van der Waals surface area (Å²) in [6.07, 6.45) is 6.65. The fourth-order valence-electron chi connectivity index (χ4n) is 6.03. The fourth-order valence-corrected chi connectivity index (χ4v) is 6.03. The molecule has 3 aromatic carbocycles. The van der Waals surface area contributed by atoms with Crippen molar-refractivity contribution in [3.63, 3.8) is 0 Å². The summed E-state index contributed by atoms with van der Waals surface area (Å²) in [6.45, 7) is 3.33. The molecule has 2 unspecified atom stereocenters. The second-order valence-corrected chi connectivity index (χ2v) is 11.2. The summed E-state index contributed by atoms with van der Waals surface area (Å²) in [5.41, 5.74) is 4.18. The van der Waals surface area contributed by atoms with Crippen LogP contribution in [0.25, 0.3) is 11.0 Å². The number of benzene rings is 3. The fraction of sp³-hybridized carbons (Fsp3) is 0.353. The minimum atomic E-state index is -0.691. The van der Waals surface area contributed by atoms with E-state index < -0.39 is 6.04 Å². The Kier molecular flexibility index (Phi) is 9.17. The van der Waals surface area contributed by atoms with Crippen molar-refractivity contribution in [3.8, 4) is 5.75 Å². The van der Waals surface area contributed by atoms with E-state index in [9.17, 15) is 9.59 Å². The number of carbonyl (C=O) groups excluding carboxylic acids is 2. The lowest BCUT2D eigenvalue weighted by atomic mass is 9.85. The SMILES string of the molecule is COc1ccc(CN(C(=O)Cn2nnc3ccccc32)C(C(=O)Nc2ccc(N3CCOCC3)cc2)C2CC=CCC2)cc1. The minimum absolute atomic E-state index is 0.0305.